The minimum atomic E-state index is -3.22. The van der Waals surface area contributed by atoms with Gasteiger partial charge in [0.25, 0.3) is 0 Å². The van der Waals surface area contributed by atoms with Gasteiger partial charge in [0.2, 0.25) is 10.0 Å². The number of rotatable bonds is 7. The summed E-state index contributed by atoms with van der Waals surface area (Å²) in [6.45, 7) is 3.88. The number of hydrogen-bond donors (Lipinski definition) is 1. The molecule has 0 amide bonds. The summed E-state index contributed by atoms with van der Waals surface area (Å²) >= 11 is 3.42. The van der Waals surface area contributed by atoms with Crippen molar-refractivity contribution in [1.82, 2.24) is 9.71 Å². The molecule has 1 heterocycles. The summed E-state index contributed by atoms with van der Waals surface area (Å²) in [5.41, 5.74) is 0.983. The zero-order chi connectivity index (χ0) is 13.6. The van der Waals surface area contributed by atoms with Crippen molar-refractivity contribution in [2.75, 3.05) is 5.75 Å². The molecule has 0 fully saturated rings. The van der Waals surface area contributed by atoms with Gasteiger partial charge in [0.1, 0.15) is 0 Å². The molecule has 1 N–H and O–H groups in total. The van der Waals surface area contributed by atoms with E-state index < -0.39 is 10.0 Å². The lowest BCUT2D eigenvalue weighted by molar-refractivity contribution is 0.547. The highest BCUT2D eigenvalue weighted by Gasteiger charge is 2.15. The topological polar surface area (TPSA) is 59.1 Å². The van der Waals surface area contributed by atoms with E-state index in [-0.39, 0.29) is 11.8 Å². The third-order valence-electron chi connectivity index (χ3n) is 2.47. The van der Waals surface area contributed by atoms with Gasteiger partial charge in [-0.3, -0.25) is 4.98 Å². The first-order valence-corrected chi connectivity index (χ1v) is 8.49. The Morgan fingerprint density at radius 2 is 1.94 bits per heavy atom. The highest BCUT2D eigenvalue weighted by atomic mass is 79.9. The van der Waals surface area contributed by atoms with Crippen molar-refractivity contribution in [3.05, 3.63) is 30.1 Å². The van der Waals surface area contributed by atoms with E-state index in [1.54, 1.807) is 12.4 Å². The molecule has 2 unspecified atom stereocenters. The highest BCUT2D eigenvalue weighted by Crippen LogP contribution is 2.08. The van der Waals surface area contributed by atoms with Crippen molar-refractivity contribution in [3.8, 4) is 0 Å². The molecule has 0 bridgehead atoms. The second-order valence-corrected chi connectivity index (χ2v) is 7.90. The normalized spacial score (nSPS) is 15.3. The van der Waals surface area contributed by atoms with Gasteiger partial charge in [-0.05, 0) is 37.5 Å². The average Bonchev–Trinajstić information content (AvgIpc) is 2.26. The highest BCUT2D eigenvalue weighted by molar-refractivity contribution is 9.09. The molecule has 0 saturated carbocycles. The Kier molecular flexibility index (Phi) is 6.25. The summed E-state index contributed by atoms with van der Waals surface area (Å²) in [5.74, 6) is 0.109. The predicted octanol–water partition coefficient (Wildman–Crippen LogP) is 2.11. The van der Waals surface area contributed by atoms with E-state index in [1.165, 1.54) is 0 Å². The van der Waals surface area contributed by atoms with Crippen LogP contribution in [0.2, 0.25) is 0 Å². The quantitative estimate of drug-likeness (QED) is 0.777. The maximum Gasteiger partial charge on any atom is 0.212 e. The molecule has 0 saturated heterocycles. The number of hydrogen-bond acceptors (Lipinski definition) is 3. The van der Waals surface area contributed by atoms with Gasteiger partial charge in [0.05, 0.1) is 5.75 Å². The predicted molar refractivity (Wildman–Crippen MR) is 77.3 cm³/mol. The summed E-state index contributed by atoms with van der Waals surface area (Å²) in [6, 6.07) is 3.61. The van der Waals surface area contributed by atoms with Gasteiger partial charge in [-0.15, -0.1) is 0 Å². The van der Waals surface area contributed by atoms with E-state index >= 15 is 0 Å². The van der Waals surface area contributed by atoms with Crippen LogP contribution in [0.15, 0.2) is 24.5 Å². The standard InChI is InChI=1S/C12H19BrN2O2S/c1-10(13)9-11(2)15-18(16,17)8-5-12-3-6-14-7-4-12/h3-4,6-7,10-11,15H,5,8-9H2,1-2H3. The van der Waals surface area contributed by atoms with E-state index in [0.29, 0.717) is 11.2 Å². The fraction of sp³-hybridized carbons (Fsp3) is 0.583. The molecule has 0 radical (unpaired) electrons. The van der Waals surface area contributed by atoms with E-state index in [2.05, 4.69) is 25.6 Å². The molecule has 1 aromatic heterocycles. The van der Waals surface area contributed by atoms with Crippen molar-refractivity contribution in [2.45, 2.75) is 37.6 Å². The van der Waals surface area contributed by atoms with Gasteiger partial charge in [0.15, 0.2) is 0 Å². The van der Waals surface area contributed by atoms with E-state index in [1.807, 2.05) is 26.0 Å². The van der Waals surface area contributed by atoms with E-state index in [9.17, 15) is 8.42 Å². The Morgan fingerprint density at radius 3 is 2.50 bits per heavy atom. The van der Waals surface area contributed by atoms with Crippen molar-refractivity contribution in [1.29, 1.82) is 0 Å². The lowest BCUT2D eigenvalue weighted by Gasteiger charge is -2.15. The zero-order valence-corrected chi connectivity index (χ0v) is 13.0. The van der Waals surface area contributed by atoms with E-state index in [4.69, 9.17) is 0 Å². The fourth-order valence-electron chi connectivity index (χ4n) is 1.70. The third kappa shape index (κ3) is 6.47. The Hall–Kier alpha value is -0.460. The molecule has 1 aromatic rings. The molecule has 0 spiro atoms. The van der Waals surface area contributed by atoms with Crippen LogP contribution in [0, 0.1) is 0 Å². The van der Waals surface area contributed by atoms with Crippen LogP contribution in [0.4, 0.5) is 0 Å². The molecular weight excluding hydrogens is 316 g/mol. The minimum Gasteiger partial charge on any atom is -0.265 e. The van der Waals surface area contributed by atoms with Crippen LogP contribution >= 0.6 is 15.9 Å². The van der Waals surface area contributed by atoms with Crippen LogP contribution in [0.25, 0.3) is 0 Å². The molecule has 102 valence electrons. The van der Waals surface area contributed by atoms with Gasteiger partial charge in [-0.25, -0.2) is 13.1 Å². The number of halogens is 1. The molecule has 0 aliphatic carbocycles. The smallest absolute Gasteiger partial charge is 0.212 e. The van der Waals surface area contributed by atoms with Crippen molar-refractivity contribution in [2.24, 2.45) is 0 Å². The molecule has 0 aliphatic heterocycles. The van der Waals surface area contributed by atoms with Gasteiger partial charge in [-0.2, -0.15) is 0 Å². The summed E-state index contributed by atoms with van der Waals surface area (Å²) in [7, 11) is -3.22. The number of nitrogens with zero attached hydrogens (tertiary/aromatic N) is 1. The van der Waals surface area contributed by atoms with Gasteiger partial charge in [-0.1, -0.05) is 22.9 Å². The van der Waals surface area contributed by atoms with Gasteiger partial charge >= 0.3 is 0 Å². The number of sulfonamides is 1. The molecule has 0 aliphatic rings. The number of pyridine rings is 1. The Bertz CT molecular complexity index is 448. The van der Waals surface area contributed by atoms with Gasteiger partial charge in [0, 0.05) is 23.3 Å². The number of nitrogens with one attached hydrogen (secondary N) is 1. The summed E-state index contributed by atoms with van der Waals surface area (Å²) < 4.78 is 26.4. The first-order chi connectivity index (χ1) is 8.39. The molecule has 0 aromatic carbocycles. The Labute approximate surface area is 117 Å². The summed E-state index contributed by atoms with van der Waals surface area (Å²) in [4.78, 5) is 4.20. The summed E-state index contributed by atoms with van der Waals surface area (Å²) in [5, 5.41) is 0. The summed E-state index contributed by atoms with van der Waals surface area (Å²) in [6.07, 6.45) is 4.62. The van der Waals surface area contributed by atoms with Crippen LogP contribution in [-0.2, 0) is 16.4 Å². The van der Waals surface area contributed by atoms with Crippen LogP contribution < -0.4 is 4.72 Å². The number of alkyl halides is 1. The van der Waals surface area contributed by atoms with E-state index in [0.717, 1.165) is 12.0 Å². The molecular formula is C12H19BrN2O2S. The lowest BCUT2D eigenvalue weighted by atomic mass is 10.2. The van der Waals surface area contributed by atoms with Crippen molar-refractivity contribution < 1.29 is 8.42 Å². The number of aryl methyl sites for hydroxylation is 1. The first kappa shape index (κ1) is 15.6. The third-order valence-corrected chi connectivity index (χ3v) is 4.34. The van der Waals surface area contributed by atoms with Crippen LogP contribution in [0.1, 0.15) is 25.8 Å². The zero-order valence-electron chi connectivity index (χ0n) is 10.6. The Balaban J connectivity index is 2.45. The van der Waals surface area contributed by atoms with Gasteiger partial charge < -0.3 is 0 Å². The van der Waals surface area contributed by atoms with Crippen molar-refractivity contribution in [3.63, 3.8) is 0 Å². The molecule has 18 heavy (non-hydrogen) atoms. The average molecular weight is 335 g/mol. The maximum atomic E-state index is 11.9. The minimum absolute atomic E-state index is 0.0539. The second-order valence-electron chi connectivity index (χ2n) is 4.46. The Morgan fingerprint density at radius 1 is 1.33 bits per heavy atom. The second kappa shape index (κ2) is 7.21. The maximum absolute atomic E-state index is 11.9. The van der Waals surface area contributed by atoms with Crippen molar-refractivity contribution >= 4 is 26.0 Å². The molecule has 1 rings (SSSR count). The van der Waals surface area contributed by atoms with Crippen LogP contribution in [0.3, 0.4) is 0 Å². The van der Waals surface area contributed by atoms with Crippen LogP contribution in [-0.4, -0.2) is 30.0 Å². The SMILES string of the molecule is CC(Br)CC(C)NS(=O)(=O)CCc1ccncc1. The largest absolute Gasteiger partial charge is 0.265 e. The van der Waals surface area contributed by atoms with Crippen LogP contribution in [0.5, 0.6) is 0 Å². The molecule has 2 atom stereocenters. The monoisotopic (exact) mass is 334 g/mol. The lowest BCUT2D eigenvalue weighted by Crippen LogP contribution is -2.36. The first-order valence-electron chi connectivity index (χ1n) is 5.92. The molecule has 4 nitrogen and oxygen atoms in total. The molecule has 6 heteroatoms. The number of aromatic nitrogens is 1. The fourth-order valence-corrected chi connectivity index (χ4v) is 3.59.